The Hall–Kier alpha value is -1.32. The van der Waals surface area contributed by atoms with Crippen LogP contribution in [0.4, 0.5) is 13.2 Å². The van der Waals surface area contributed by atoms with E-state index in [1.54, 1.807) is 19.9 Å². The van der Waals surface area contributed by atoms with Crippen molar-refractivity contribution in [3.05, 3.63) is 43.3 Å². The summed E-state index contributed by atoms with van der Waals surface area (Å²) >= 11 is 2.55. The Morgan fingerprint density at radius 1 is 1.23 bits per heavy atom. The van der Waals surface area contributed by atoms with E-state index in [0.29, 0.717) is 10.4 Å². The highest BCUT2D eigenvalue weighted by Gasteiger charge is 2.40. The maximum absolute atomic E-state index is 13.2. The molecule has 0 aromatic carbocycles. The highest BCUT2D eigenvalue weighted by Crippen LogP contribution is 2.46. The fourth-order valence-electron chi connectivity index (χ4n) is 2.36. The summed E-state index contributed by atoms with van der Waals surface area (Å²) in [6, 6.07) is 5.02. The van der Waals surface area contributed by atoms with Crippen LogP contribution in [0.5, 0.6) is 0 Å². The zero-order valence-electron chi connectivity index (χ0n) is 12.7. The van der Waals surface area contributed by atoms with Crippen LogP contribution in [0.1, 0.15) is 59.4 Å². The van der Waals surface area contributed by atoms with Gasteiger partial charge in [0.15, 0.2) is 0 Å². The zero-order chi connectivity index (χ0) is 16.7. The van der Waals surface area contributed by atoms with Gasteiger partial charge in [-0.05, 0) is 23.4 Å². The molecule has 2 aromatic heterocycles. The quantitative estimate of drug-likeness (QED) is 0.656. The van der Waals surface area contributed by atoms with Crippen molar-refractivity contribution in [2.75, 3.05) is 0 Å². The molecule has 0 N–H and O–H groups in total. The van der Waals surface area contributed by atoms with Crippen LogP contribution in [0.3, 0.4) is 0 Å². The lowest BCUT2D eigenvalue weighted by molar-refractivity contribution is -0.138. The largest absolute Gasteiger partial charge is 0.417 e. The number of nitriles is 1. The number of thiophene rings is 2. The first kappa shape index (κ1) is 17.0. The molecule has 0 aliphatic rings. The predicted octanol–water partition coefficient (Wildman–Crippen LogP) is 6.15. The summed E-state index contributed by atoms with van der Waals surface area (Å²) in [6.45, 7) is 7.53. The van der Waals surface area contributed by atoms with Crippen molar-refractivity contribution in [1.29, 1.82) is 5.26 Å². The van der Waals surface area contributed by atoms with Crippen molar-refractivity contribution in [1.82, 2.24) is 0 Å². The summed E-state index contributed by atoms with van der Waals surface area (Å²) in [5.41, 5.74) is -0.795. The van der Waals surface area contributed by atoms with Crippen LogP contribution < -0.4 is 0 Å². The van der Waals surface area contributed by atoms with Gasteiger partial charge in [-0.25, -0.2) is 0 Å². The van der Waals surface area contributed by atoms with Gasteiger partial charge >= 0.3 is 6.18 Å². The van der Waals surface area contributed by atoms with Crippen LogP contribution in [0.15, 0.2) is 17.5 Å². The monoisotopic (exact) mass is 343 g/mol. The van der Waals surface area contributed by atoms with Gasteiger partial charge in [0.2, 0.25) is 0 Å². The van der Waals surface area contributed by atoms with Crippen molar-refractivity contribution < 1.29 is 13.2 Å². The Labute approximate surface area is 136 Å². The Morgan fingerprint density at radius 3 is 2.32 bits per heavy atom. The molecular formula is C16H16F3NS2. The highest BCUT2D eigenvalue weighted by atomic mass is 32.1. The second-order valence-corrected chi connectivity index (χ2v) is 7.94. The average molecular weight is 343 g/mol. The number of alkyl halides is 3. The molecule has 118 valence electrons. The van der Waals surface area contributed by atoms with Crippen LogP contribution >= 0.6 is 22.7 Å². The van der Waals surface area contributed by atoms with Crippen LogP contribution in [-0.4, -0.2) is 0 Å². The minimum atomic E-state index is -4.36. The number of hydrogen-bond donors (Lipinski definition) is 0. The first-order valence-corrected chi connectivity index (χ1v) is 8.48. The molecule has 0 amide bonds. The van der Waals surface area contributed by atoms with E-state index in [2.05, 4.69) is 6.07 Å². The normalized spacial score (nSPS) is 12.7. The Kier molecular flexibility index (Phi) is 4.42. The molecule has 1 nitrogen and oxygen atoms in total. The first-order valence-electron chi connectivity index (χ1n) is 6.78. The molecule has 0 aliphatic heterocycles. The van der Waals surface area contributed by atoms with Crippen LogP contribution in [0, 0.1) is 11.3 Å². The third kappa shape index (κ3) is 2.92. The van der Waals surface area contributed by atoms with E-state index < -0.39 is 17.2 Å². The fourth-order valence-corrected chi connectivity index (χ4v) is 4.70. The lowest BCUT2D eigenvalue weighted by atomic mass is 9.86. The van der Waals surface area contributed by atoms with E-state index in [4.69, 9.17) is 0 Å². The van der Waals surface area contributed by atoms with E-state index in [9.17, 15) is 18.4 Å². The van der Waals surface area contributed by atoms with Crippen LogP contribution in [0.25, 0.3) is 0 Å². The van der Waals surface area contributed by atoms with Gasteiger partial charge < -0.3 is 0 Å². The molecule has 0 unspecified atom stereocenters. The van der Waals surface area contributed by atoms with E-state index >= 15 is 0 Å². The molecule has 22 heavy (non-hydrogen) atoms. The molecular weight excluding hydrogens is 327 g/mol. The van der Waals surface area contributed by atoms with Gasteiger partial charge in [-0.15, -0.1) is 22.7 Å². The van der Waals surface area contributed by atoms with Gasteiger partial charge in [-0.1, -0.05) is 27.7 Å². The van der Waals surface area contributed by atoms with Gasteiger partial charge in [0.1, 0.15) is 6.07 Å². The van der Waals surface area contributed by atoms with Gasteiger partial charge in [-0.2, -0.15) is 18.4 Å². The van der Waals surface area contributed by atoms with Crippen LogP contribution in [-0.2, 0) is 11.6 Å². The second-order valence-electron chi connectivity index (χ2n) is 5.94. The number of nitrogens with zero attached hydrogens (tertiary/aromatic N) is 1. The number of rotatable bonds is 3. The first-order chi connectivity index (χ1) is 10.1. The maximum atomic E-state index is 13.2. The van der Waals surface area contributed by atoms with E-state index in [-0.39, 0.29) is 5.92 Å². The molecule has 0 radical (unpaired) electrons. The third-order valence-corrected chi connectivity index (χ3v) is 6.56. The molecule has 0 atom stereocenters. The Bertz CT molecular complexity index is 715. The molecule has 2 heterocycles. The van der Waals surface area contributed by atoms with Crippen molar-refractivity contribution >= 4 is 22.7 Å². The van der Waals surface area contributed by atoms with Crippen molar-refractivity contribution in [2.45, 2.75) is 45.2 Å². The van der Waals surface area contributed by atoms with E-state index in [1.165, 1.54) is 16.7 Å². The summed E-state index contributed by atoms with van der Waals surface area (Å²) in [6.07, 6.45) is -4.36. The molecule has 0 bridgehead atoms. The number of hydrogen-bond acceptors (Lipinski definition) is 3. The van der Waals surface area contributed by atoms with Crippen LogP contribution in [0.2, 0.25) is 0 Å². The predicted molar refractivity (Wildman–Crippen MR) is 84.6 cm³/mol. The minimum absolute atomic E-state index is 0.176. The van der Waals surface area contributed by atoms with Gasteiger partial charge in [-0.3, -0.25) is 0 Å². The fraction of sp³-hybridized carbons (Fsp3) is 0.438. The third-order valence-electron chi connectivity index (χ3n) is 3.56. The van der Waals surface area contributed by atoms with Gasteiger partial charge in [0.25, 0.3) is 0 Å². The van der Waals surface area contributed by atoms with Crippen molar-refractivity contribution in [3.8, 4) is 6.07 Å². The maximum Gasteiger partial charge on any atom is 0.417 e. The summed E-state index contributed by atoms with van der Waals surface area (Å²) in [4.78, 5) is 2.01. The number of halogens is 3. The average Bonchev–Trinajstić information content (AvgIpc) is 3.05. The summed E-state index contributed by atoms with van der Waals surface area (Å²) in [7, 11) is 0. The Morgan fingerprint density at radius 2 is 1.86 bits per heavy atom. The molecule has 0 saturated carbocycles. The molecule has 0 fully saturated rings. The lowest BCUT2D eigenvalue weighted by Gasteiger charge is -2.24. The smallest absolute Gasteiger partial charge is 0.192 e. The topological polar surface area (TPSA) is 23.8 Å². The lowest BCUT2D eigenvalue weighted by Crippen LogP contribution is -2.20. The molecule has 2 aromatic rings. The molecule has 2 rings (SSSR count). The van der Waals surface area contributed by atoms with Gasteiger partial charge in [0.05, 0.1) is 11.1 Å². The molecule has 6 heteroatoms. The van der Waals surface area contributed by atoms with Crippen molar-refractivity contribution in [3.63, 3.8) is 0 Å². The van der Waals surface area contributed by atoms with E-state index in [0.717, 1.165) is 27.2 Å². The van der Waals surface area contributed by atoms with E-state index in [1.807, 2.05) is 13.8 Å². The SMILES string of the molecule is CC(C)c1sc(C(C)(C)c2sccc2C(F)(F)F)cc1C#N. The molecule has 0 aliphatic carbocycles. The van der Waals surface area contributed by atoms with Gasteiger partial charge in [0, 0.05) is 20.0 Å². The minimum Gasteiger partial charge on any atom is -0.192 e. The second kappa shape index (κ2) is 5.71. The summed E-state index contributed by atoms with van der Waals surface area (Å²) in [5.74, 6) is 0.176. The molecule has 0 spiro atoms. The zero-order valence-corrected chi connectivity index (χ0v) is 14.3. The molecule has 0 saturated heterocycles. The Balaban J connectivity index is 2.57. The summed E-state index contributed by atoms with van der Waals surface area (Å²) < 4.78 is 39.5. The highest BCUT2D eigenvalue weighted by molar-refractivity contribution is 7.13. The standard InChI is InChI=1S/C16H16F3NS2/c1-9(2)13-10(8-20)7-12(22-13)15(3,4)14-11(5-6-21-14)16(17,18)19/h5-7,9H,1-4H3. The summed E-state index contributed by atoms with van der Waals surface area (Å²) in [5, 5.41) is 10.7. The van der Waals surface area contributed by atoms with Crippen molar-refractivity contribution in [2.24, 2.45) is 0 Å².